The van der Waals surface area contributed by atoms with Crippen molar-refractivity contribution in [2.45, 2.75) is 19.4 Å². The van der Waals surface area contributed by atoms with Crippen LogP contribution in [0.3, 0.4) is 0 Å². The molecule has 4 N–H and O–H groups in total. The molecule has 2 rings (SSSR count). The number of pyridine rings is 1. The average Bonchev–Trinajstić information content (AvgIpc) is 2.91. The Labute approximate surface area is 115 Å². The number of anilines is 1. The van der Waals surface area contributed by atoms with Gasteiger partial charge in [0.15, 0.2) is 0 Å². The Morgan fingerprint density at radius 1 is 1.53 bits per heavy atom. The minimum absolute atomic E-state index is 0.0528. The second kappa shape index (κ2) is 6.31. The van der Waals surface area contributed by atoms with Crippen LogP contribution in [-0.2, 0) is 6.42 Å². The summed E-state index contributed by atoms with van der Waals surface area (Å²) in [7, 11) is 0. The lowest BCUT2D eigenvalue weighted by molar-refractivity contribution is 0.0940. The monoisotopic (exact) mass is 276 g/mol. The summed E-state index contributed by atoms with van der Waals surface area (Å²) in [6.45, 7) is 1.98. The van der Waals surface area contributed by atoms with Gasteiger partial charge in [-0.25, -0.2) is 0 Å². The van der Waals surface area contributed by atoms with Crippen LogP contribution >= 0.6 is 11.3 Å². The minimum atomic E-state index is -0.176. The van der Waals surface area contributed by atoms with Crippen LogP contribution in [0.15, 0.2) is 36.0 Å². The molecular weight excluding hydrogens is 260 g/mol. The van der Waals surface area contributed by atoms with Gasteiger partial charge in [0.2, 0.25) is 0 Å². The first-order valence-electron chi connectivity index (χ1n) is 5.94. The highest BCUT2D eigenvalue weighted by atomic mass is 32.1. The maximum atomic E-state index is 12.1. The van der Waals surface area contributed by atoms with E-state index in [1.54, 1.807) is 23.6 Å². The molecular formula is C13H16N4OS. The van der Waals surface area contributed by atoms with Crippen LogP contribution in [0.1, 0.15) is 22.2 Å². The highest BCUT2D eigenvalue weighted by molar-refractivity contribution is 7.09. The molecule has 1 unspecified atom stereocenters. The number of thiophene rings is 1. The number of carbonyl (C=O) groups excluding carboxylic acids is 1. The van der Waals surface area contributed by atoms with E-state index in [0.29, 0.717) is 11.3 Å². The summed E-state index contributed by atoms with van der Waals surface area (Å²) in [6.07, 6.45) is 3.90. The number of nitrogens with two attached hydrogens (primary N) is 1. The second-order valence-electron chi connectivity index (χ2n) is 4.22. The molecule has 0 bridgehead atoms. The minimum Gasteiger partial charge on any atom is -0.349 e. The lowest BCUT2D eigenvalue weighted by Crippen LogP contribution is -2.34. The number of carbonyl (C=O) groups is 1. The maximum Gasteiger partial charge on any atom is 0.255 e. The number of amides is 1. The summed E-state index contributed by atoms with van der Waals surface area (Å²) < 4.78 is 0. The standard InChI is InChI=1S/C13H16N4OS/c1-9(7-10-3-2-6-19-10)16-13(18)11-8-15-5-4-12(11)17-14/h2-6,8-9H,7,14H2,1H3,(H,15,17)(H,16,18). The van der Waals surface area contributed by atoms with Gasteiger partial charge in [0.25, 0.3) is 5.91 Å². The van der Waals surface area contributed by atoms with E-state index in [2.05, 4.69) is 21.8 Å². The molecule has 0 aliphatic carbocycles. The van der Waals surface area contributed by atoms with Crippen molar-refractivity contribution in [1.82, 2.24) is 10.3 Å². The van der Waals surface area contributed by atoms with E-state index in [-0.39, 0.29) is 11.9 Å². The zero-order valence-corrected chi connectivity index (χ0v) is 11.4. The van der Waals surface area contributed by atoms with E-state index in [1.165, 1.54) is 11.1 Å². The Hall–Kier alpha value is -1.92. The molecule has 0 spiro atoms. The summed E-state index contributed by atoms with van der Waals surface area (Å²) in [4.78, 5) is 17.3. The third-order valence-corrected chi connectivity index (χ3v) is 3.58. The first kappa shape index (κ1) is 13.5. The lowest BCUT2D eigenvalue weighted by atomic mass is 10.1. The molecule has 100 valence electrons. The maximum absolute atomic E-state index is 12.1. The Bertz CT molecular complexity index is 541. The highest BCUT2D eigenvalue weighted by Gasteiger charge is 2.14. The summed E-state index contributed by atoms with van der Waals surface area (Å²) in [5.41, 5.74) is 3.51. The third kappa shape index (κ3) is 3.52. The SMILES string of the molecule is CC(Cc1cccs1)NC(=O)c1cnccc1NN. The van der Waals surface area contributed by atoms with E-state index in [9.17, 15) is 4.79 Å². The molecule has 0 aromatic carbocycles. The second-order valence-corrected chi connectivity index (χ2v) is 5.26. The molecule has 0 aliphatic heterocycles. The summed E-state index contributed by atoms with van der Waals surface area (Å²) in [6, 6.07) is 5.78. The van der Waals surface area contributed by atoms with Crippen LogP contribution in [-0.4, -0.2) is 16.9 Å². The Balaban J connectivity index is 2.00. The Kier molecular flexibility index (Phi) is 4.48. The van der Waals surface area contributed by atoms with E-state index in [1.807, 2.05) is 18.4 Å². The number of nitrogen functional groups attached to an aromatic ring is 1. The molecule has 1 amide bonds. The normalized spacial score (nSPS) is 11.9. The number of rotatable bonds is 5. The van der Waals surface area contributed by atoms with E-state index < -0.39 is 0 Å². The smallest absolute Gasteiger partial charge is 0.255 e. The fourth-order valence-electron chi connectivity index (χ4n) is 1.78. The van der Waals surface area contributed by atoms with Crippen molar-refractivity contribution >= 4 is 22.9 Å². The molecule has 0 saturated heterocycles. The largest absolute Gasteiger partial charge is 0.349 e. The van der Waals surface area contributed by atoms with Gasteiger partial charge in [-0.3, -0.25) is 15.6 Å². The third-order valence-electron chi connectivity index (χ3n) is 2.69. The van der Waals surface area contributed by atoms with Crippen molar-refractivity contribution in [3.63, 3.8) is 0 Å². The Morgan fingerprint density at radius 2 is 2.37 bits per heavy atom. The van der Waals surface area contributed by atoms with Crippen molar-refractivity contribution in [3.05, 3.63) is 46.4 Å². The van der Waals surface area contributed by atoms with Crippen LogP contribution in [0.2, 0.25) is 0 Å². The van der Waals surface area contributed by atoms with E-state index >= 15 is 0 Å². The molecule has 1 atom stereocenters. The van der Waals surface area contributed by atoms with Gasteiger partial charge in [0.1, 0.15) is 0 Å². The van der Waals surface area contributed by atoms with Crippen LogP contribution < -0.4 is 16.6 Å². The Morgan fingerprint density at radius 3 is 3.05 bits per heavy atom. The number of hydrogen-bond acceptors (Lipinski definition) is 5. The van der Waals surface area contributed by atoms with Gasteiger partial charge in [-0.15, -0.1) is 11.3 Å². The summed E-state index contributed by atoms with van der Waals surface area (Å²) in [5.74, 6) is 5.20. The van der Waals surface area contributed by atoms with E-state index in [0.717, 1.165) is 6.42 Å². The fraction of sp³-hybridized carbons (Fsp3) is 0.231. The molecule has 6 heteroatoms. The molecule has 0 aliphatic rings. The van der Waals surface area contributed by atoms with Crippen molar-refractivity contribution in [2.24, 2.45) is 5.84 Å². The van der Waals surface area contributed by atoms with E-state index in [4.69, 9.17) is 5.84 Å². The zero-order chi connectivity index (χ0) is 13.7. The van der Waals surface area contributed by atoms with Crippen molar-refractivity contribution in [3.8, 4) is 0 Å². The quantitative estimate of drug-likeness (QED) is 0.574. The summed E-state index contributed by atoms with van der Waals surface area (Å²) >= 11 is 1.69. The number of nitrogens with zero attached hydrogens (tertiary/aromatic N) is 1. The fourth-order valence-corrected chi connectivity index (χ4v) is 2.62. The number of hydrogen-bond donors (Lipinski definition) is 3. The molecule has 2 heterocycles. The van der Waals surface area contributed by atoms with Gasteiger partial charge in [-0.2, -0.15) is 0 Å². The molecule has 2 aromatic rings. The zero-order valence-electron chi connectivity index (χ0n) is 10.6. The van der Waals surface area contributed by atoms with Gasteiger partial charge in [-0.05, 0) is 24.4 Å². The first-order chi connectivity index (χ1) is 9.20. The molecule has 0 radical (unpaired) electrons. The lowest BCUT2D eigenvalue weighted by Gasteiger charge is -2.14. The van der Waals surface area contributed by atoms with Gasteiger partial charge >= 0.3 is 0 Å². The van der Waals surface area contributed by atoms with Gasteiger partial charge in [0, 0.05) is 29.7 Å². The van der Waals surface area contributed by atoms with Crippen molar-refractivity contribution in [2.75, 3.05) is 5.43 Å². The van der Waals surface area contributed by atoms with Gasteiger partial charge < -0.3 is 10.7 Å². The number of hydrazine groups is 1. The van der Waals surface area contributed by atoms with Crippen LogP contribution in [0.25, 0.3) is 0 Å². The van der Waals surface area contributed by atoms with Crippen molar-refractivity contribution < 1.29 is 4.79 Å². The first-order valence-corrected chi connectivity index (χ1v) is 6.82. The molecule has 0 saturated carbocycles. The van der Waals surface area contributed by atoms with Crippen LogP contribution in [0.4, 0.5) is 5.69 Å². The molecule has 5 nitrogen and oxygen atoms in total. The predicted molar refractivity (Wildman–Crippen MR) is 77.0 cm³/mol. The van der Waals surface area contributed by atoms with Gasteiger partial charge in [-0.1, -0.05) is 6.07 Å². The van der Waals surface area contributed by atoms with Crippen LogP contribution in [0, 0.1) is 0 Å². The van der Waals surface area contributed by atoms with Gasteiger partial charge in [0.05, 0.1) is 11.3 Å². The molecule has 0 fully saturated rings. The molecule has 19 heavy (non-hydrogen) atoms. The van der Waals surface area contributed by atoms with Crippen molar-refractivity contribution in [1.29, 1.82) is 0 Å². The number of nitrogens with one attached hydrogen (secondary N) is 2. The average molecular weight is 276 g/mol. The molecule has 2 aromatic heterocycles. The predicted octanol–water partition coefficient (Wildman–Crippen LogP) is 1.79. The summed E-state index contributed by atoms with van der Waals surface area (Å²) in [5, 5.41) is 4.97. The highest BCUT2D eigenvalue weighted by Crippen LogP contribution is 2.14. The number of aromatic nitrogens is 1. The topological polar surface area (TPSA) is 80.0 Å². The van der Waals surface area contributed by atoms with Crippen LogP contribution in [0.5, 0.6) is 0 Å².